The average Bonchev–Trinajstić information content (AvgIpc) is 2.88. The normalized spacial score (nSPS) is 24.8. The summed E-state index contributed by atoms with van der Waals surface area (Å²) in [5.74, 6) is -0.832. The summed E-state index contributed by atoms with van der Waals surface area (Å²) < 4.78 is 0. The van der Waals surface area contributed by atoms with Crippen molar-refractivity contribution >= 4 is 24.3 Å². The SMILES string of the molecule is Cl.O=C(CN1CCC[C@H]1C(=O)O)NC1CCCC1. The first-order chi connectivity index (χ1) is 8.16. The first-order valence-corrected chi connectivity index (χ1v) is 6.43. The molecule has 1 saturated carbocycles. The fourth-order valence-corrected chi connectivity index (χ4v) is 2.82. The van der Waals surface area contributed by atoms with Gasteiger partial charge in [0.05, 0.1) is 6.54 Å². The van der Waals surface area contributed by atoms with E-state index in [1.54, 1.807) is 4.90 Å². The van der Waals surface area contributed by atoms with Crippen LogP contribution in [-0.4, -0.2) is 47.1 Å². The van der Waals surface area contributed by atoms with E-state index in [0.717, 1.165) is 25.8 Å². The number of rotatable bonds is 4. The van der Waals surface area contributed by atoms with Crippen molar-refractivity contribution < 1.29 is 14.7 Å². The van der Waals surface area contributed by atoms with Crippen molar-refractivity contribution in [3.63, 3.8) is 0 Å². The number of hydrogen-bond acceptors (Lipinski definition) is 3. The van der Waals surface area contributed by atoms with Crippen LogP contribution in [0, 0.1) is 0 Å². The molecule has 6 heteroatoms. The van der Waals surface area contributed by atoms with Crippen LogP contribution in [0.3, 0.4) is 0 Å². The summed E-state index contributed by atoms with van der Waals surface area (Å²) in [7, 11) is 0. The van der Waals surface area contributed by atoms with Gasteiger partial charge in [-0.25, -0.2) is 0 Å². The number of nitrogens with zero attached hydrogens (tertiary/aromatic N) is 1. The maximum Gasteiger partial charge on any atom is 0.320 e. The predicted molar refractivity (Wildman–Crippen MR) is 69.9 cm³/mol. The van der Waals surface area contributed by atoms with E-state index in [1.807, 2.05) is 0 Å². The molecule has 104 valence electrons. The number of carboxylic acid groups (broad SMARTS) is 1. The van der Waals surface area contributed by atoms with Gasteiger partial charge < -0.3 is 10.4 Å². The summed E-state index contributed by atoms with van der Waals surface area (Å²) >= 11 is 0. The molecular formula is C12H21ClN2O3. The minimum Gasteiger partial charge on any atom is -0.480 e. The highest BCUT2D eigenvalue weighted by atomic mass is 35.5. The maximum atomic E-state index is 11.8. The zero-order chi connectivity index (χ0) is 12.3. The highest BCUT2D eigenvalue weighted by Crippen LogP contribution is 2.19. The first kappa shape index (κ1) is 15.2. The highest BCUT2D eigenvalue weighted by molar-refractivity contribution is 5.85. The summed E-state index contributed by atoms with van der Waals surface area (Å²) in [6, 6.07) is -0.155. The molecule has 2 rings (SSSR count). The number of amides is 1. The van der Waals surface area contributed by atoms with Gasteiger partial charge in [-0.2, -0.15) is 0 Å². The summed E-state index contributed by atoms with van der Waals surface area (Å²) in [4.78, 5) is 24.5. The van der Waals surface area contributed by atoms with Gasteiger partial charge in [-0.1, -0.05) is 12.8 Å². The predicted octanol–water partition coefficient (Wildman–Crippen LogP) is 1.02. The van der Waals surface area contributed by atoms with Crippen LogP contribution >= 0.6 is 12.4 Å². The van der Waals surface area contributed by atoms with Crippen molar-refractivity contribution in [1.29, 1.82) is 0 Å². The van der Waals surface area contributed by atoms with Gasteiger partial charge in [0.15, 0.2) is 0 Å². The Labute approximate surface area is 113 Å². The third-order valence-corrected chi connectivity index (χ3v) is 3.72. The van der Waals surface area contributed by atoms with Crippen LogP contribution in [0.4, 0.5) is 0 Å². The van der Waals surface area contributed by atoms with Gasteiger partial charge in [0.2, 0.25) is 5.91 Å². The number of halogens is 1. The lowest BCUT2D eigenvalue weighted by Gasteiger charge is -2.21. The Morgan fingerprint density at radius 1 is 1.17 bits per heavy atom. The summed E-state index contributed by atoms with van der Waals surface area (Å²) in [5.41, 5.74) is 0. The molecule has 2 aliphatic rings. The average molecular weight is 277 g/mol. The molecule has 0 aromatic carbocycles. The highest BCUT2D eigenvalue weighted by Gasteiger charge is 2.32. The van der Waals surface area contributed by atoms with Gasteiger partial charge in [0, 0.05) is 6.04 Å². The summed E-state index contributed by atoms with van der Waals surface area (Å²) in [6.45, 7) is 0.947. The lowest BCUT2D eigenvalue weighted by molar-refractivity contribution is -0.142. The van der Waals surface area contributed by atoms with E-state index in [2.05, 4.69) is 5.32 Å². The largest absolute Gasteiger partial charge is 0.480 e. The monoisotopic (exact) mass is 276 g/mol. The molecule has 5 nitrogen and oxygen atoms in total. The van der Waals surface area contributed by atoms with Crippen LogP contribution in [0.5, 0.6) is 0 Å². The third-order valence-electron chi connectivity index (χ3n) is 3.72. The van der Waals surface area contributed by atoms with Gasteiger partial charge >= 0.3 is 5.97 Å². The molecule has 1 aliphatic carbocycles. The van der Waals surface area contributed by atoms with Gasteiger partial charge in [0.25, 0.3) is 0 Å². The Hall–Kier alpha value is -0.810. The number of hydrogen-bond donors (Lipinski definition) is 2. The van der Waals surface area contributed by atoms with Crippen molar-refractivity contribution in [3.05, 3.63) is 0 Å². The molecule has 0 spiro atoms. The molecular weight excluding hydrogens is 256 g/mol. The van der Waals surface area contributed by atoms with Crippen molar-refractivity contribution in [2.75, 3.05) is 13.1 Å². The number of carbonyl (C=O) groups is 2. The fourth-order valence-electron chi connectivity index (χ4n) is 2.82. The molecule has 1 amide bonds. The third kappa shape index (κ3) is 3.85. The van der Waals surface area contributed by atoms with Crippen molar-refractivity contribution in [3.8, 4) is 0 Å². The van der Waals surface area contributed by atoms with E-state index in [0.29, 0.717) is 12.5 Å². The number of carbonyl (C=O) groups excluding carboxylic acids is 1. The fraction of sp³-hybridized carbons (Fsp3) is 0.833. The molecule has 0 unspecified atom stereocenters. The minimum absolute atomic E-state index is 0. The second kappa shape index (κ2) is 6.95. The molecule has 0 bridgehead atoms. The van der Waals surface area contributed by atoms with Crippen molar-refractivity contribution in [2.45, 2.75) is 50.6 Å². The van der Waals surface area contributed by atoms with Crippen LogP contribution in [0.25, 0.3) is 0 Å². The lowest BCUT2D eigenvalue weighted by atomic mass is 10.2. The Kier molecular flexibility index (Phi) is 5.88. The standard InChI is InChI=1S/C12H20N2O3.ClH/c15-11(13-9-4-1-2-5-9)8-14-7-3-6-10(14)12(16)17;/h9-10H,1-8H2,(H,13,15)(H,16,17);1H/t10-;/m0./s1. The molecule has 0 radical (unpaired) electrons. The lowest BCUT2D eigenvalue weighted by Crippen LogP contribution is -2.45. The van der Waals surface area contributed by atoms with Crippen molar-refractivity contribution in [1.82, 2.24) is 10.2 Å². The van der Waals surface area contributed by atoms with Crippen molar-refractivity contribution in [2.24, 2.45) is 0 Å². The van der Waals surface area contributed by atoms with Gasteiger partial charge in [-0.15, -0.1) is 12.4 Å². The molecule has 1 saturated heterocycles. The minimum atomic E-state index is -0.809. The molecule has 1 heterocycles. The zero-order valence-corrected chi connectivity index (χ0v) is 11.2. The van der Waals surface area contributed by atoms with Crippen LogP contribution in [0.1, 0.15) is 38.5 Å². The maximum absolute atomic E-state index is 11.8. The van der Waals surface area contributed by atoms with E-state index in [4.69, 9.17) is 5.11 Å². The van der Waals surface area contributed by atoms with Crippen LogP contribution in [0.2, 0.25) is 0 Å². The van der Waals surface area contributed by atoms with Crippen LogP contribution in [0.15, 0.2) is 0 Å². The van der Waals surface area contributed by atoms with E-state index in [1.165, 1.54) is 12.8 Å². The quantitative estimate of drug-likeness (QED) is 0.804. The topological polar surface area (TPSA) is 69.6 Å². The summed E-state index contributed by atoms with van der Waals surface area (Å²) in [5, 5.41) is 12.0. The molecule has 18 heavy (non-hydrogen) atoms. The second-order valence-electron chi connectivity index (χ2n) is 5.02. The first-order valence-electron chi connectivity index (χ1n) is 6.43. The van der Waals surface area contributed by atoms with Gasteiger partial charge in [-0.05, 0) is 32.2 Å². The smallest absolute Gasteiger partial charge is 0.320 e. The summed E-state index contributed by atoms with van der Waals surface area (Å²) in [6.07, 6.45) is 6.03. The number of carboxylic acids is 1. The Morgan fingerprint density at radius 3 is 2.44 bits per heavy atom. The molecule has 1 aliphatic heterocycles. The van der Waals surface area contributed by atoms with Crippen LogP contribution in [-0.2, 0) is 9.59 Å². The molecule has 1 atom stereocenters. The Bertz CT molecular complexity index is 306. The second-order valence-corrected chi connectivity index (χ2v) is 5.02. The molecule has 0 aromatic rings. The molecule has 2 N–H and O–H groups in total. The van der Waals surface area contributed by atoms with Gasteiger partial charge in [-0.3, -0.25) is 14.5 Å². The van der Waals surface area contributed by atoms with E-state index < -0.39 is 12.0 Å². The molecule has 0 aromatic heterocycles. The zero-order valence-electron chi connectivity index (χ0n) is 10.4. The van der Waals surface area contributed by atoms with E-state index in [9.17, 15) is 9.59 Å². The number of aliphatic carboxylic acids is 1. The van der Waals surface area contributed by atoms with Crippen LogP contribution < -0.4 is 5.32 Å². The number of nitrogens with one attached hydrogen (secondary N) is 1. The number of likely N-dealkylation sites (tertiary alicyclic amines) is 1. The van der Waals surface area contributed by atoms with Gasteiger partial charge in [0.1, 0.15) is 6.04 Å². The van der Waals surface area contributed by atoms with E-state index >= 15 is 0 Å². The Balaban J connectivity index is 0.00000162. The van der Waals surface area contributed by atoms with E-state index in [-0.39, 0.29) is 24.9 Å². The Morgan fingerprint density at radius 2 is 1.83 bits per heavy atom. The molecule has 2 fully saturated rings.